The van der Waals surface area contributed by atoms with Crippen LogP contribution < -0.4 is 0 Å². The third-order valence-corrected chi connectivity index (χ3v) is 2.73. The summed E-state index contributed by atoms with van der Waals surface area (Å²) < 4.78 is 7.00. The normalized spacial score (nSPS) is 10.4. The van der Waals surface area contributed by atoms with Crippen molar-refractivity contribution in [2.75, 3.05) is 13.7 Å². The van der Waals surface area contributed by atoms with Crippen LogP contribution in [0, 0.1) is 0 Å². The van der Waals surface area contributed by atoms with Gasteiger partial charge in [-0.2, -0.15) is 0 Å². The number of para-hydroxylation sites is 1. The highest BCUT2D eigenvalue weighted by molar-refractivity contribution is 5.74. The van der Waals surface area contributed by atoms with Crippen molar-refractivity contribution in [3.63, 3.8) is 0 Å². The van der Waals surface area contributed by atoms with Crippen molar-refractivity contribution >= 4 is 6.29 Å². The Morgan fingerprint density at radius 1 is 1.24 bits per heavy atom. The monoisotopic (exact) mass is 229 g/mol. The molecular formula is C14H15NO2. The van der Waals surface area contributed by atoms with Gasteiger partial charge in [0.2, 0.25) is 0 Å². The van der Waals surface area contributed by atoms with E-state index < -0.39 is 0 Å². The zero-order valence-corrected chi connectivity index (χ0v) is 9.80. The predicted octanol–water partition coefficient (Wildman–Crippen LogP) is 2.48. The van der Waals surface area contributed by atoms with Crippen LogP contribution in [0.25, 0.3) is 5.69 Å². The number of nitrogens with zero attached hydrogens (tertiary/aromatic N) is 1. The molecule has 2 rings (SSSR count). The van der Waals surface area contributed by atoms with E-state index in [1.54, 1.807) is 13.2 Å². The van der Waals surface area contributed by atoms with E-state index in [2.05, 4.69) is 6.07 Å². The second kappa shape index (κ2) is 5.46. The summed E-state index contributed by atoms with van der Waals surface area (Å²) >= 11 is 0. The molecule has 0 unspecified atom stereocenters. The number of aromatic nitrogens is 1. The third-order valence-electron chi connectivity index (χ3n) is 2.73. The summed E-state index contributed by atoms with van der Waals surface area (Å²) in [6.07, 6.45) is 3.60. The lowest BCUT2D eigenvalue weighted by atomic mass is 10.1. The number of carbonyl (C=O) groups is 1. The Balaban J connectivity index is 2.40. The Morgan fingerprint density at radius 3 is 2.82 bits per heavy atom. The van der Waals surface area contributed by atoms with Gasteiger partial charge < -0.3 is 9.30 Å². The molecule has 17 heavy (non-hydrogen) atoms. The zero-order chi connectivity index (χ0) is 12.1. The molecule has 88 valence electrons. The minimum atomic E-state index is 0.662. The molecule has 0 saturated carbocycles. The number of ether oxygens (including phenoxy) is 1. The summed E-state index contributed by atoms with van der Waals surface area (Å²) in [5.74, 6) is 0. The van der Waals surface area contributed by atoms with Crippen molar-refractivity contribution in [3.05, 3.63) is 53.9 Å². The van der Waals surface area contributed by atoms with E-state index in [1.807, 2.05) is 35.0 Å². The summed E-state index contributed by atoms with van der Waals surface area (Å²) in [6.45, 7) is 0.675. The van der Waals surface area contributed by atoms with E-state index in [0.717, 1.165) is 18.4 Å². The van der Waals surface area contributed by atoms with Crippen LogP contribution >= 0.6 is 0 Å². The smallest absolute Gasteiger partial charge is 0.166 e. The van der Waals surface area contributed by atoms with Gasteiger partial charge in [0.15, 0.2) is 6.29 Å². The fraction of sp³-hybridized carbons (Fsp3) is 0.214. The van der Waals surface area contributed by atoms with Gasteiger partial charge in [0.25, 0.3) is 0 Å². The molecule has 0 aliphatic carbocycles. The largest absolute Gasteiger partial charge is 0.384 e. The van der Waals surface area contributed by atoms with Crippen LogP contribution in [-0.4, -0.2) is 24.6 Å². The minimum absolute atomic E-state index is 0.662. The highest BCUT2D eigenvalue weighted by Gasteiger charge is 2.06. The van der Waals surface area contributed by atoms with Gasteiger partial charge in [-0.1, -0.05) is 18.2 Å². The molecule has 0 saturated heterocycles. The molecule has 0 amide bonds. The van der Waals surface area contributed by atoms with Gasteiger partial charge in [-0.25, -0.2) is 0 Å². The maximum Gasteiger partial charge on any atom is 0.166 e. The van der Waals surface area contributed by atoms with Crippen LogP contribution in [0.3, 0.4) is 0 Å². The topological polar surface area (TPSA) is 31.2 Å². The highest BCUT2D eigenvalue weighted by Crippen LogP contribution is 2.17. The number of hydrogen-bond donors (Lipinski definition) is 0. The molecule has 0 aliphatic rings. The van der Waals surface area contributed by atoms with E-state index >= 15 is 0 Å². The Labute approximate surface area is 101 Å². The first-order valence-corrected chi connectivity index (χ1v) is 5.56. The van der Waals surface area contributed by atoms with Crippen molar-refractivity contribution in [2.24, 2.45) is 0 Å². The van der Waals surface area contributed by atoms with Crippen LogP contribution in [-0.2, 0) is 11.2 Å². The van der Waals surface area contributed by atoms with Gasteiger partial charge in [0.1, 0.15) is 0 Å². The molecule has 0 spiro atoms. The second-order valence-corrected chi connectivity index (χ2v) is 3.79. The molecular weight excluding hydrogens is 214 g/mol. The molecule has 2 aromatic rings. The van der Waals surface area contributed by atoms with Crippen LogP contribution in [0.1, 0.15) is 16.1 Å². The Morgan fingerprint density at radius 2 is 2.06 bits per heavy atom. The first-order chi connectivity index (χ1) is 8.36. The average molecular weight is 229 g/mol. The highest BCUT2D eigenvalue weighted by atomic mass is 16.5. The predicted molar refractivity (Wildman–Crippen MR) is 66.7 cm³/mol. The molecule has 1 aromatic heterocycles. The summed E-state index contributed by atoms with van der Waals surface area (Å²) in [6, 6.07) is 11.7. The van der Waals surface area contributed by atoms with Gasteiger partial charge in [-0.3, -0.25) is 4.79 Å². The molecule has 1 aromatic carbocycles. The van der Waals surface area contributed by atoms with Gasteiger partial charge in [0.05, 0.1) is 12.3 Å². The zero-order valence-electron chi connectivity index (χ0n) is 9.80. The maximum atomic E-state index is 10.9. The lowest BCUT2D eigenvalue weighted by Crippen LogP contribution is -2.04. The summed E-state index contributed by atoms with van der Waals surface area (Å²) in [5, 5.41) is 0. The Bertz CT molecular complexity index is 502. The SMILES string of the molecule is COCCc1ccccc1-n1cccc1C=O. The molecule has 3 heteroatoms. The standard InChI is InChI=1S/C14H15NO2/c1-17-10-8-12-5-2-3-7-14(12)15-9-4-6-13(15)11-16/h2-7,9,11H,8,10H2,1H3. The first-order valence-electron chi connectivity index (χ1n) is 5.56. The Hall–Kier alpha value is -1.87. The van der Waals surface area contributed by atoms with Gasteiger partial charge >= 0.3 is 0 Å². The van der Waals surface area contributed by atoms with Crippen molar-refractivity contribution in [3.8, 4) is 5.69 Å². The number of benzene rings is 1. The lowest BCUT2D eigenvalue weighted by molar-refractivity contribution is 0.111. The first kappa shape index (κ1) is 11.6. The summed E-state index contributed by atoms with van der Waals surface area (Å²) in [7, 11) is 1.69. The second-order valence-electron chi connectivity index (χ2n) is 3.79. The number of carbonyl (C=O) groups excluding carboxylic acids is 1. The average Bonchev–Trinajstić information content (AvgIpc) is 2.84. The molecule has 0 radical (unpaired) electrons. The van der Waals surface area contributed by atoms with Crippen LogP contribution in [0.15, 0.2) is 42.6 Å². The summed E-state index contributed by atoms with van der Waals surface area (Å²) in [5.41, 5.74) is 2.88. The van der Waals surface area contributed by atoms with Crippen molar-refractivity contribution in [2.45, 2.75) is 6.42 Å². The van der Waals surface area contributed by atoms with Gasteiger partial charge in [-0.05, 0) is 30.2 Å². The van der Waals surface area contributed by atoms with Crippen molar-refractivity contribution < 1.29 is 9.53 Å². The van der Waals surface area contributed by atoms with Gasteiger partial charge in [-0.15, -0.1) is 0 Å². The van der Waals surface area contributed by atoms with E-state index in [9.17, 15) is 4.79 Å². The van der Waals surface area contributed by atoms with E-state index in [0.29, 0.717) is 12.3 Å². The fourth-order valence-corrected chi connectivity index (χ4v) is 1.88. The lowest BCUT2D eigenvalue weighted by Gasteiger charge is -2.11. The van der Waals surface area contributed by atoms with Crippen LogP contribution in [0.5, 0.6) is 0 Å². The summed E-state index contributed by atoms with van der Waals surface area (Å²) in [4.78, 5) is 10.9. The number of hydrogen-bond acceptors (Lipinski definition) is 2. The molecule has 0 N–H and O–H groups in total. The minimum Gasteiger partial charge on any atom is -0.384 e. The number of methoxy groups -OCH3 is 1. The number of rotatable bonds is 5. The quantitative estimate of drug-likeness (QED) is 0.737. The van der Waals surface area contributed by atoms with E-state index in [-0.39, 0.29) is 0 Å². The van der Waals surface area contributed by atoms with E-state index in [1.165, 1.54) is 5.56 Å². The maximum absolute atomic E-state index is 10.9. The van der Waals surface area contributed by atoms with Crippen LogP contribution in [0.2, 0.25) is 0 Å². The molecule has 0 aliphatic heterocycles. The van der Waals surface area contributed by atoms with E-state index in [4.69, 9.17) is 4.74 Å². The molecule has 0 fully saturated rings. The third kappa shape index (κ3) is 2.45. The van der Waals surface area contributed by atoms with Gasteiger partial charge in [0, 0.05) is 19.0 Å². The van der Waals surface area contributed by atoms with Crippen molar-refractivity contribution in [1.82, 2.24) is 4.57 Å². The fourth-order valence-electron chi connectivity index (χ4n) is 1.88. The number of aldehydes is 1. The van der Waals surface area contributed by atoms with Crippen molar-refractivity contribution in [1.29, 1.82) is 0 Å². The van der Waals surface area contributed by atoms with Crippen LogP contribution in [0.4, 0.5) is 0 Å². The molecule has 3 nitrogen and oxygen atoms in total. The Kier molecular flexibility index (Phi) is 3.73. The molecule has 1 heterocycles. The molecule has 0 atom stereocenters. The molecule has 0 bridgehead atoms.